The Morgan fingerprint density at radius 3 is 2.42 bits per heavy atom. The lowest BCUT2D eigenvalue weighted by molar-refractivity contribution is -0.116. The van der Waals surface area contributed by atoms with Crippen molar-refractivity contribution in [2.45, 2.75) is 44.0 Å². The lowest BCUT2D eigenvalue weighted by atomic mass is 10.0. The molecule has 31 heavy (non-hydrogen) atoms. The third-order valence-electron chi connectivity index (χ3n) is 5.51. The number of hydrogen-bond acceptors (Lipinski definition) is 5. The molecule has 1 saturated heterocycles. The third kappa shape index (κ3) is 4.44. The highest BCUT2D eigenvalue weighted by atomic mass is 32.2. The van der Waals surface area contributed by atoms with Crippen molar-refractivity contribution in [1.29, 1.82) is 0 Å². The van der Waals surface area contributed by atoms with Crippen molar-refractivity contribution in [2.24, 2.45) is 0 Å². The smallest absolute Gasteiger partial charge is 0.308 e. The zero-order valence-corrected chi connectivity index (χ0v) is 19.1. The zero-order chi connectivity index (χ0) is 22.2. The number of thiazole rings is 1. The molecule has 1 N–H and O–H groups in total. The molecule has 0 radical (unpaired) electrons. The monoisotopic (exact) mass is 459 g/mol. The second-order valence-electron chi connectivity index (χ2n) is 8.02. The highest BCUT2D eigenvalue weighted by Gasteiger charge is 2.27. The van der Waals surface area contributed by atoms with E-state index in [2.05, 4.69) is 19.2 Å². The van der Waals surface area contributed by atoms with Crippen molar-refractivity contribution in [1.82, 2.24) is 8.87 Å². The van der Waals surface area contributed by atoms with Crippen LogP contribution in [0.15, 0.2) is 52.2 Å². The van der Waals surface area contributed by atoms with Gasteiger partial charge in [0.05, 0.1) is 15.1 Å². The average Bonchev–Trinajstić information content (AvgIpc) is 3.37. The molecule has 0 unspecified atom stereocenters. The van der Waals surface area contributed by atoms with Gasteiger partial charge in [-0.3, -0.25) is 14.2 Å². The maximum atomic E-state index is 12.8. The van der Waals surface area contributed by atoms with Crippen molar-refractivity contribution in [2.75, 3.05) is 18.4 Å². The number of aromatic nitrogens is 1. The summed E-state index contributed by atoms with van der Waals surface area (Å²) in [7, 11) is -3.56. The van der Waals surface area contributed by atoms with Crippen LogP contribution in [0.5, 0.6) is 0 Å². The molecule has 164 valence electrons. The quantitative estimate of drug-likeness (QED) is 0.610. The molecule has 0 spiro atoms. The Morgan fingerprint density at radius 2 is 1.77 bits per heavy atom. The van der Waals surface area contributed by atoms with Gasteiger partial charge in [0.25, 0.3) is 0 Å². The molecule has 4 rings (SSSR count). The summed E-state index contributed by atoms with van der Waals surface area (Å²) in [5.41, 5.74) is 2.40. The van der Waals surface area contributed by atoms with Gasteiger partial charge in [-0.25, -0.2) is 8.42 Å². The van der Waals surface area contributed by atoms with Crippen molar-refractivity contribution < 1.29 is 13.2 Å². The number of rotatable bonds is 6. The van der Waals surface area contributed by atoms with Gasteiger partial charge >= 0.3 is 4.87 Å². The van der Waals surface area contributed by atoms with E-state index in [-0.39, 0.29) is 22.2 Å². The van der Waals surface area contributed by atoms with Gasteiger partial charge in [-0.15, -0.1) is 0 Å². The molecule has 1 aliphatic heterocycles. The van der Waals surface area contributed by atoms with E-state index in [4.69, 9.17) is 0 Å². The highest BCUT2D eigenvalue weighted by Crippen LogP contribution is 2.26. The van der Waals surface area contributed by atoms with E-state index in [0.717, 1.165) is 24.2 Å². The van der Waals surface area contributed by atoms with E-state index in [0.29, 0.717) is 34.9 Å². The number of carbonyl (C=O) groups is 1. The number of nitrogens with one attached hydrogen (secondary N) is 1. The van der Waals surface area contributed by atoms with Crippen LogP contribution in [0.2, 0.25) is 0 Å². The summed E-state index contributed by atoms with van der Waals surface area (Å²) in [6, 6.07) is 12.3. The van der Waals surface area contributed by atoms with Crippen molar-refractivity contribution >= 4 is 43.2 Å². The van der Waals surface area contributed by atoms with Crippen LogP contribution in [-0.4, -0.2) is 36.3 Å². The molecule has 1 amide bonds. The van der Waals surface area contributed by atoms with Crippen LogP contribution in [0, 0.1) is 0 Å². The lowest BCUT2D eigenvalue weighted by Gasteiger charge is -2.15. The molecule has 9 heteroatoms. The maximum Gasteiger partial charge on any atom is 0.308 e. The molecule has 7 nitrogen and oxygen atoms in total. The summed E-state index contributed by atoms with van der Waals surface area (Å²) in [5, 5.41) is 2.81. The first kappa shape index (κ1) is 21.7. The first-order valence-electron chi connectivity index (χ1n) is 10.3. The Bertz CT molecular complexity index is 1270. The predicted octanol–water partition coefficient (Wildman–Crippen LogP) is 3.61. The van der Waals surface area contributed by atoms with Gasteiger partial charge in [-0.1, -0.05) is 37.3 Å². The molecule has 0 saturated carbocycles. The first-order valence-corrected chi connectivity index (χ1v) is 12.5. The molecular weight excluding hydrogens is 434 g/mol. The fourth-order valence-corrected chi connectivity index (χ4v) is 6.28. The van der Waals surface area contributed by atoms with Crippen LogP contribution in [-0.2, 0) is 21.4 Å². The van der Waals surface area contributed by atoms with Crippen LogP contribution in [0.3, 0.4) is 0 Å². The molecule has 1 aliphatic rings. The van der Waals surface area contributed by atoms with Crippen molar-refractivity contribution in [3.8, 4) is 0 Å². The van der Waals surface area contributed by atoms with Gasteiger partial charge in [-0.05, 0) is 54.7 Å². The van der Waals surface area contributed by atoms with Gasteiger partial charge in [0, 0.05) is 18.8 Å². The summed E-state index contributed by atoms with van der Waals surface area (Å²) < 4.78 is 29.0. The molecule has 3 aromatic rings. The number of anilines is 1. The lowest BCUT2D eigenvalue weighted by Crippen LogP contribution is -2.27. The summed E-state index contributed by atoms with van der Waals surface area (Å²) in [6.45, 7) is 5.11. The fraction of sp³-hybridized carbons (Fsp3) is 0.364. The summed E-state index contributed by atoms with van der Waals surface area (Å²) in [4.78, 5) is 24.9. The van der Waals surface area contributed by atoms with E-state index >= 15 is 0 Å². The molecule has 0 bridgehead atoms. The third-order valence-corrected chi connectivity index (χ3v) is 8.34. The zero-order valence-electron chi connectivity index (χ0n) is 17.5. The number of fused-ring (bicyclic) bond motifs is 1. The SMILES string of the molecule is CC(C)c1ccc(NC(=O)Cn2c(=O)sc3cc(S(=O)(=O)N4CCCC4)ccc32)cc1. The second kappa shape index (κ2) is 8.57. The summed E-state index contributed by atoms with van der Waals surface area (Å²) >= 11 is 0.949. The van der Waals surface area contributed by atoms with Gasteiger partial charge in [0.1, 0.15) is 6.54 Å². The molecule has 0 atom stereocenters. The minimum atomic E-state index is -3.56. The maximum absolute atomic E-state index is 12.8. The second-order valence-corrected chi connectivity index (χ2v) is 11.0. The standard InChI is InChI=1S/C22H25N3O4S2/c1-15(2)16-5-7-17(8-6-16)23-21(26)14-25-19-10-9-18(13-20(19)30-22(25)27)31(28,29)24-11-3-4-12-24/h5-10,13,15H,3-4,11-12,14H2,1-2H3,(H,23,26). The Hall–Kier alpha value is -2.49. The van der Waals surface area contributed by atoms with Crippen LogP contribution in [0.1, 0.15) is 38.2 Å². The predicted molar refractivity (Wildman–Crippen MR) is 123 cm³/mol. The molecule has 0 aliphatic carbocycles. The summed E-state index contributed by atoms with van der Waals surface area (Å²) in [6.07, 6.45) is 1.72. The van der Waals surface area contributed by atoms with Gasteiger partial charge in [0.2, 0.25) is 15.9 Å². The first-order chi connectivity index (χ1) is 14.8. The number of hydrogen-bond donors (Lipinski definition) is 1. The van der Waals surface area contributed by atoms with Gasteiger partial charge < -0.3 is 5.32 Å². The van der Waals surface area contributed by atoms with Crippen LogP contribution < -0.4 is 10.2 Å². The van der Waals surface area contributed by atoms with Crippen LogP contribution in [0.25, 0.3) is 10.2 Å². The normalized spacial score (nSPS) is 15.1. The van der Waals surface area contributed by atoms with E-state index in [9.17, 15) is 18.0 Å². The van der Waals surface area contributed by atoms with E-state index in [1.807, 2.05) is 24.3 Å². The minimum Gasteiger partial charge on any atom is -0.325 e. The Morgan fingerprint density at radius 1 is 1.10 bits per heavy atom. The number of sulfonamides is 1. The van der Waals surface area contributed by atoms with E-state index < -0.39 is 10.0 Å². The van der Waals surface area contributed by atoms with Crippen molar-refractivity contribution in [3.05, 3.63) is 57.7 Å². The summed E-state index contributed by atoms with van der Waals surface area (Å²) in [5.74, 6) is 0.0903. The van der Waals surface area contributed by atoms with E-state index in [1.165, 1.54) is 26.6 Å². The van der Waals surface area contributed by atoms with Gasteiger partial charge in [-0.2, -0.15) is 4.31 Å². The van der Waals surface area contributed by atoms with Crippen LogP contribution in [0.4, 0.5) is 5.69 Å². The topological polar surface area (TPSA) is 88.5 Å². The molecular formula is C22H25N3O4S2. The largest absolute Gasteiger partial charge is 0.325 e. The average molecular weight is 460 g/mol. The Kier molecular flexibility index (Phi) is 6.00. The fourth-order valence-electron chi connectivity index (χ4n) is 3.73. The Balaban J connectivity index is 1.55. The number of benzene rings is 2. The minimum absolute atomic E-state index is 0.136. The number of carbonyl (C=O) groups excluding carboxylic acids is 1. The molecule has 2 aromatic carbocycles. The van der Waals surface area contributed by atoms with Crippen LogP contribution >= 0.6 is 11.3 Å². The van der Waals surface area contributed by atoms with E-state index in [1.54, 1.807) is 6.07 Å². The molecule has 1 aromatic heterocycles. The molecule has 2 heterocycles. The number of amides is 1. The molecule has 1 fully saturated rings. The van der Waals surface area contributed by atoms with Gasteiger partial charge in [0.15, 0.2) is 0 Å². The Labute approximate surface area is 185 Å². The van der Waals surface area contributed by atoms with Crippen molar-refractivity contribution in [3.63, 3.8) is 0 Å². The highest BCUT2D eigenvalue weighted by molar-refractivity contribution is 7.89. The number of nitrogens with zero attached hydrogens (tertiary/aromatic N) is 2.